The second-order valence-corrected chi connectivity index (χ2v) is 4.94. The molecule has 2 aromatic rings. The Labute approximate surface area is 119 Å². The molecular formula is C14H10ClNO4. The molecule has 5 nitrogen and oxygen atoms in total. The molecule has 102 valence electrons. The number of halogens is 1. The van der Waals surface area contributed by atoms with Crippen molar-refractivity contribution in [3.63, 3.8) is 0 Å². The predicted octanol–water partition coefficient (Wildman–Crippen LogP) is 2.72. The average molecular weight is 292 g/mol. The summed E-state index contributed by atoms with van der Waals surface area (Å²) in [4.78, 5) is 24.3. The largest absolute Gasteiger partial charge is 0.475 e. The molecule has 1 aromatic carbocycles. The minimum atomic E-state index is -1.13. The number of aromatic carboxylic acids is 1. The Morgan fingerprint density at radius 1 is 1.35 bits per heavy atom. The van der Waals surface area contributed by atoms with Crippen molar-refractivity contribution in [2.24, 2.45) is 0 Å². The van der Waals surface area contributed by atoms with Gasteiger partial charge in [0, 0.05) is 10.7 Å². The number of carboxylic acids is 1. The topological polar surface area (TPSA) is 70.8 Å². The zero-order valence-electron chi connectivity index (χ0n) is 10.3. The Kier molecular flexibility index (Phi) is 2.99. The third kappa shape index (κ3) is 2.16. The Hall–Kier alpha value is -2.27. The highest BCUT2D eigenvalue weighted by molar-refractivity contribution is 6.31. The summed E-state index contributed by atoms with van der Waals surface area (Å²) in [7, 11) is 0. The van der Waals surface area contributed by atoms with Gasteiger partial charge in [0.2, 0.25) is 11.7 Å². The molecule has 6 heteroatoms. The highest BCUT2D eigenvalue weighted by Gasteiger charge is 2.28. The average Bonchev–Trinajstić information content (AvgIpc) is 2.97. The molecule has 1 aliphatic rings. The molecule has 0 atom stereocenters. The van der Waals surface area contributed by atoms with Crippen LogP contribution in [-0.2, 0) is 17.8 Å². The van der Waals surface area contributed by atoms with E-state index in [4.69, 9.17) is 21.1 Å². The maximum atomic E-state index is 12.0. The molecule has 0 aliphatic carbocycles. The van der Waals surface area contributed by atoms with Crippen LogP contribution in [0.1, 0.15) is 21.9 Å². The molecule has 0 spiro atoms. The summed E-state index contributed by atoms with van der Waals surface area (Å²) in [5.74, 6) is -0.912. The summed E-state index contributed by atoms with van der Waals surface area (Å²) in [6, 6.07) is 8.21. The van der Waals surface area contributed by atoms with Gasteiger partial charge in [0.1, 0.15) is 5.76 Å². The molecule has 1 aliphatic heterocycles. The van der Waals surface area contributed by atoms with Gasteiger partial charge in [0.15, 0.2) is 0 Å². The van der Waals surface area contributed by atoms with E-state index in [1.807, 2.05) is 6.07 Å². The van der Waals surface area contributed by atoms with Crippen LogP contribution in [0.25, 0.3) is 0 Å². The quantitative estimate of drug-likeness (QED) is 0.944. The van der Waals surface area contributed by atoms with Crippen molar-refractivity contribution in [2.45, 2.75) is 13.0 Å². The highest BCUT2D eigenvalue weighted by Crippen LogP contribution is 2.32. The minimum absolute atomic E-state index is 0.0597. The molecule has 2 heterocycles. The molecule has 0 bridgehead atoms. The molecule has 0 fully saturated rings. The number of anilines is 1. The molecule has 1 aromatic heterocycles. The van der Waals surface area contributed by atoms with Crippen molar-refractivity contribution in [1.82, 2.24) is 0 Å². The summed E-state index contributed by atoms with van der Waals surface area (Å²) in [5.41, 5.74) is 1.65. The van der Waals surface area contributed by atoms with Gasteiger partial charge >= 0.3 is 5.97 Å². The summed E-state index contributed by atoms with van der Waals surface area (Å²) in [6.07, 6.45) is 0.318. The van der Waals surface area contributed by atoms with Crippen molar-refractivity contribution in [3.05, 3.63) is 52.4 Å². The number of rotatable bonds is 3. The number of furan rings is 1. The molecule has 1 N–H and O–H groups in total. The van der Waals surface area contributed by atoms with Crippen molar-refractivity contribution in [3.8, 4) is 0 Å². The molecule has 0 saturated carbocycles. The number of carbonyl (C=O) groups excluding carboxylic acids is 1. The lowest BCUT2D eigenvalue weighted by Crippen LogP contribution is -2.25. The van der Waals surface area contributed by atoms with Gasteiger partial charge in [-0.05, 0) is 29.8 Å². The lowest BCUT2D eigenvalue weighted by molar-refractivity contribution is -0.117. The van der Waals surface area contributed by atoms with E-state index in [1.54, 1.807) is 23.1 Å². The number of carboxylic acid groups (broad SMARTS) is 1. The summed E-state index contributed by atoms with van der Waals surface area (Å²) >= 11 is 5.95. The van der Waals surface area contributed by atoms with Crippen LogP contribution in [0.4, 0.5) is 5.69 Å². The Bertz CT molecular complexity index is 707. The molecule has 0 saturated heterocycles. The van der Waals surface area contributed by atoms with E-state index in [0.29, 0.717) is 17.2 Å². The van der Waals surface area contributed by atoms with Crippen LogP contribution in [0.3, 0.4) is 0 Å². The first-order chi connectivity index (χ1) is 9.54. The first kappa shape index (κ1) is 12.7. The van der Waals surface area contributed by atoms with Gasteiger partial charge in [-0.15, -0.1) is 0 Å². The fourth-order valence-electron chi connectivity index (χ4n) is 2.24. The standard InChI is InChI=1S/C14H10ClNO4/c15-9-2-1-8-5-13(17)16(11(8)6-9)7-10-3-4-12(20-10)14(18)19/h1-4,6H,5,7H2,(H,18,19). The van der Waals surface area contributed by atoms with Gasteiger partial charge in [-0.1, -0.05) is 17.7 Å². The van der Waals surface area contributed by atoms with E-state index in [0.717, 1.165) is 11.3 Å². The van der Waals surface area contributed by atoms with Crippen molar-refractivity contribution in [1.29, 1.82) is 0 Å². The number of carbonyl (C=O) groups is 2. The van der Waals surface area contributed by atoms with Gasteiger partial charge in [-0.3, -0.25) is 4.79 Å². The molecule has 3 rings (SSSR count). The normalized spacial score (nSPS) is 13.7. The Morgan fingerprint density at radius 3 is 2.85 bits per heavy atom. The van der Waals surface area contributed by atoms with Crippen LogP contribution >= 0.6 is 11.6 Å². The van der Waals surface area contributed by atoms with E-state index < -0.39 is 5.97 Å². The van der Waals surface area contributed by atoms with E-state index in [-0.39, 0.29) is 18.2 Å². The minimum Gasteiger partial charge on any atom is -0.475 e. The van der Waals surface area contributed by atoms with Gasteiger partial charge in [-0.25, -0.2) is 4.79 Å². The van der Waals surface area contributed by atoms with Crippen LogP contribution in [0, 0.1) is 0 Å². The van der Waals surface area contributed by atoms with Crippen molar-refractivity contribution >= 4 is 29.2 Å². The zero-order valence-corrected chi connectivity index (χ0v) is 11.1. The number of hydrogen-bond donors (Lipinski definition) is 1. The smallest absolute Gasteiger partial charge is 0.371 e. The lowest BCUT2D eigenvalue weighted by Gasteiger charge is -2.16. The number of benzene rings is 1. The third-order valence-corrected chi connectivity index (χ3v) is 3.40. The maximum Gasteiger partial charge on any atom is 0.371 e. The van der Waals surface area contributed by atoms with Crippen LogP contribution in [0.5, 0.6) is 0 Å². The fraction of sp³-hybridized carbons (Fsp3) is 0.143. The zero-order chi connectivity index (χ0) is 14.3. The van der Waals surface area contributed by atoms with Crippen molar-refractivity contribution in [2.75, 3.05) is 4.90 Å². The van der Waals surface area contributed by atoms with Crippen LogP contribution in [-0.4, -0.2) is 17.0 Å². The fourth-order valence-corrected chi connectivity index (χ4v) is 2.40. The van der Waals surface area contributed by atoms with Crippen LogP contribution in [0.2, 0.25) is 5.02 Å². The number of nitrogens with zero attached hydrogens (tertiary/aromatic N) is 1. The second kappa shape index (κ2) is 4.68. The number of amides is 1. The first-order valence-electron chi connectivity index (χ1n) is 5.95. The highest BCUT2D eigenvalue weighted by atomic mass is 35.5. The van der Waals surface area contributed by atoms with E-state index in [9.17, 15) is 9.59 Å². The van der Waals surface area contributed by atoms with Crippen LogP contribution < -0.4 is 4.90 Å². The predicted molar refractivity (Wildman–Crippen MR) is 72.0 cm³/mol. The van der Waals surface area contributed by atoms with Crippen LogP contribution in [0.15, 0.2) is 34.7 Å². The maximum absolute atomic E-state index is 12.0. The molecule has 20 heavy (non-hydrogen) atoms. The molecule has 1 amide bonds. The van der Waals surface area contributed by atoms with Crippen molar-refractivity contribution < 1.29 is 19.1 Å². The first-order valence-corrected chi connectivity index (χ1v) is 6.33. The van der Waals surface area contributed by atoms with Gasteiger partial charge < -0.3 is 14.4 Å². The van der Waals surface area contributed by atoms with Gasteiger partial charge in [0.25, 0.3) is 0 Å². The van der Waals surface area contributed by atoms with Gasteiger partial charge in [-0.2, -0.15) is 0 Å². The summed E-state index contributed by atoms with van der Waals surface area (Å²) in [5, 5.41) is 9.36. The molecule has 0 unspecified atom stereocenters. The Morgan fingerprint density at radius 2 is 2.15 bits per heavy atom. The number of fused-ring (bicyclic) bond motifs is 1. The number of hydrogen-bond acceptors (Lipinski definition) is 3. The van der Waals surface area contributed by atoms with E-state index >= 15 is 0 Å². The van der Waals surface area contributed by atoms with Gasteiger partial charge in [0.05, 0.1) is 13.0 Å². The Balaban J connectivity index is 1.89. The second-order valence-electron chi connectivity index (χ2n) is 4.50. The summed E-state index contributed by atoms with van der Waals surface area (Å²) < 4.78 is 5.17. The monoisotopic (exact) mass is 291 g/mol. The van der Waals surface area contributed by atoms with E-state index in [2.05, 4.69) is 0 Å². The SMILES string of the molecule is O=C(O)c1ccc(CN2C(=O)Cc3ccc(Cl)cc32)o1. The van der Waals surface area contributed by atoms with E-state index in [1.165, 1.54) is 6.07 Å². The third-order valence-electron chi connectivity index (χ3n) is 3.17. The molecule has 0 radical (unpaired) electrons. The lowest BCUT2D eigenvalue weighted by atomic mass is 10.2. The molecular weight excluding hydrogens is 282 g/mol. The summed E-state index contributed by atoms with van der Waals surface area (Å²) in [6.45, 7) is 0.194.